The number of H-pyrrole nitrogens is 1. The number of carbonyl (C=O) groups excluding carboxylic acids is 1. The van der Waals surface area contributed by atoms with Crippen molar-refractivity contribution < 1.29 is 9.53 Å². The number of aromatic nitrogens is 4. The Labute approximate surface area is 224 Å². The number of anilines is 1. The molecule has 6 rings (SSSR count). The highest BCUT2D eigenvalue weighted by Crippen LogP contribution is 2.24. The number of nitrogens with zero attached hydrogens (tertiary/aromatic N) is 5. The predicted octanol–water partition coefficient (Wildman–Crippen LogP) is 1.87. The molecule has 1 amide bonds. The molecule has 0 bridgehead atoms. The van der Waals surface area contributed by atoms with Crippen LogP contribution in [0.4, 0.5) is 5.82 Å². The Kier molecular flexibility index (Phi) is 7.05. The van der Waals surface area contributed by atoms with E-state index in [1.807, 2.05) is 53.7 Å². The van der Waals surface area contributed by atoms with E-state index in [1.165, 1.54) is 4.57 Å². The van der Waals surface area contributed by atoms with E-state index in [0.29, 0.717) is 38.5 Å². The summed E-state index contributed by atoms with van der Waals surface area (Å²) in [6.07, 6.45) is 7.74. The number of nitrogens with one attached hydrogen (secondary N) is 3. The van der Waals surface area contributed by atoms with Crippen LogP contribution in [-0.2, 0) is 29.0 Å². The average molecular weight is 527 g/mol. The Morgan fingerprint density at radius 1 is 1.15 bits per heavy atom. The van der Waals surface area contributed by atoms with E-state index in [2.05, 4.69) is 30.7 Å². The largest absolute Gasteiger partial charge is 0.377 e. The van der Waals surface area contributed by atoms with Crippen molar-refractivity contribution in [3.05, 3.63) is 88.4 Å². The summed E-state index contributed by atoms with van der Waals surface area (Å²) < 4.78 is 6.81. The van der Waals surface area contributed by atoms with Crippen LogP contribution in [0.3, 0.4) is 0 Å². The molecule has 4 aromatic rings. The number of pyridine rings is 1. The lowest BCUT2D eigenvalue weighted by Crippen LogP contribution is -2.46. The first-order valence-electron chi connectivity index (χ1n) is 13.1. The molecular formula is C28H30N8O3. The lowest BCUT2D eigenvalue weighted by atomic mass is 10.1. The lowest BCUT2D eigenvalue weighted by Gasteiger charge is -2.33. The first-order valence-corrected chi connectivity index (χ1v) is 13.1. The summed E-state index contributed by atoms with van der Waals surface area (Å²) in [7, 11) is 0. The van der Waals surface area contributed by atoms with Gasteiger partial charge in [-0.25, -0.2) is 4.98 Å². The number of amides is 1. The highest BCUT2D eigenvalue weighted by Gasteiger charge is 2.32. The number of benzene rings is 1. The molecule has 5 heterocycles. The van der Waals surface area contributed by atoms with Gasteiger partial charge in [0.05, 0.1) is 37.4 Å². The van der Waals surface area contributed by atoms with Crippen molar-refractivity contribution >= 4 is 28.8 Å². The summed E-state index contributed by atoms with van der Waals surface area (Å²) >= 11 is 0. The van der Waals surface area contributed by atoms with E-state index in [1.54, 1.807) is 18.6 Å². The van der Waals surface area contributed by atoms with Crippen molar-refractivity contribution in [3.8, 4) is 0 Å². The van der Waals surface area contributed by atoms with E-state index in [4.69, 9.17) is 4.74 Å². The Hall–Kier alpha value is -4.51. The summed E-state index contributed by atoms with van der Waals surface area (Å²) in [5.41, 5.74) is 3.31. The lowest BCUT2D eigenvalue weighted by molar-refractivity contribution is -0.121. The Bertz CT molecular complexity index is 1510. The van der Waals surface area contributed by atoms with Crippen LogP contribution in [0.25, 0.3) is 10.9 Å². The van der Waals surface area contributed by atoms with Gasteiger partial charge in [-0.15, -0.1) is 0 Å². The first-order chi connectivity index (χ1) is 19.1. The molecule has 1 fully saturated rings. The smallest absolute Gasteiger partial charge is 0.293 e. The van der Waals surface area contributed by atoms with Crippen LogP contribution < -0.4 is 16.2 Å². The van der Waals surface area contributed by atoms with Crippen LogP contribution in [0, 0.1) is 0 Å². The normalized spacial score (nSPS) is 16.9. The zero-order valence-corrected chi connectivity index (χ0v) is 21.4. The van der Waals surface area contributed by atoms with Gasteiger partial charge in [0.25, 0.3) is 5.56 Å². The topological polar surface area (TPSA) is 130 Å². The maximum absolute atomic E-state index is 13.6. The maximum Gasteiger partial charge on any atom is 0.293 e. The monoisotopic (exact) mass is 526 g/mol. The van der Waals surface area contributed by atoms with Gasteiger partial charge in [-0.3, -0.25) is 24.1 Å². The standard InChI is InChI=1S/C28H30N8O3/c37-26(31-13-22-10-20-11-29-8-7-24(20)34-22)16-35-25(21-12-33-36(15-21)23-17-39-18-23)14-32-27(28(35)38)30-9-6-19-4-2-1-3-5-19/h1-5,7-8,10-12,14,21,23,34H,6,9,13,15-18H2,(H,30,32)(H,31,37). The van der Waals surface area contributed by atoms with Gasteiger partial charge in [0.2, 0.25) is 5.91 Å². The fraction of sp³-hybridized carbons (Fsp3) is 0.321. The minimum absolute atomic E-state index is 0.122. The highest BCUT2D eigenvalue weighted by molar-refractivity contribution is 5.80. The first kappa shape index (κ1) is 24.8. The van der Waals surface area contributed by atoms with Gasteiger partial charge in [-0.1, -0.05) is 30.3 Å². The summed E-state index contributed by atoms with van der Waals surface area (Å²) in [4.78, 5) is 38.5. The number of hydrazone groups is 1. The molecule has 1 unspecified atom stereocenters. The summed E-state index contributed by atoms with van der Waals surface area (Å²) in [5.74, 6) is -0.196. The molecule has 3 aromatic heterocycles. The molecule has 3 N–H and O–H groups in total. The third-order valence-corrected chi connectivity index (χ3v) is 7.09. The number of hydrogen-bond donors (Lipinski definition) is 3. The second-order valence-corrected chi connectivity index (χ2v) is 9.80. The van der Waals surface area contributed by atoms with Gasteiger partial charge in [0.1, 0.15) is 6.54 Å². The van der Waals surface area contributed by atoms with E-state index in [-0.39, 0.29) is 35.8 Å². The number of fused-ring (bicyclic) bond motifs is 1. The van der Waals surface area contributed by atoms with Crippen molar-refractivity contribution in [2.45, 2.75) is 31.5 Å². The molecule has 0 spiro atoms. The number of aromatic amines is 1. The Balaban J connectivity index is 1.18. The van der Waals surface area contributed by atoms with Crippen LogP contribution in [0.5, 0.6) is 0 Å². The van der Waals surface area contributed by atoms with E-state index < -0.39 is 0 Å². The van der Waals surface area contributed by atoms with E-state index >= 15 is 0 Å². The summed E-state index contributed by atoms with van der Waals surface area (Å²) in [6, 6.07) is 14.1. The zero-order valence-electron chi connectivity index (χ0n) is 21.4. The molecule has 0 radical (unpaired) electrons. The minimum Gasteiger partial charge on any atom is -0.377 e. The average Bonchev–Trinajstić information content (AvgIpc) is 3.56. The van der Waals surface area contributed by atoms with Gasteiger partial charge in [0.15, 0.2) is 5.82 Å². The molecule has 1 saturated heterocycles. The van der Waals surface area contributed by atoms with Gasteiger partial charge >= 0.3 is 0 Å². The van der Waals surface area contributed by atoms with Crippen molar-refractivity contribution in [3.63, 3.8) is 0 Å². The van der Waals surface area contributed by atoms with Crippen molar-refractivity contribution in [2.75, 3.05) is 31.6 Å². The molecule has 1 aromatic carbocycles. The number of ether oxygens (including phenoxy) is 1. The van der Waals surface area contributed by atoms with Crippen LogP contribution in [0.1, 0.15) is 22.9 Å². The van der Waals surface area contributed by atoms with Gasteiger partial charge in [0, 0.05) is 54.5 Å². The summed E-state index contributed by atoms with van der Waals surface area (Å²) in [6.45, 7) is 2.64. The molecule has 0 aliphatic carbocycles. The van der Waals surface area contributed by atoms with Gasteiger partial charge < -0.3 is 20.4 Å². The Morgan fingerprint density at radius 2 is 2.03 bits per heavy atom. The number of rotatable bonds is 10. The predicted molar refractivity (Wildman–Crippen MR) is 148 cm³/mol. The van der Waals surface area contributed by atoms with Crippen molar-refractivity contribution in [1.29, 1.82) is 0 Å². The van der Waals surface area contributed by atoms with Crippen LogP contribution in [0.2, 0.25) is 0 Å². The minimum atomic E-state index is -0.328. The molecule has 1 atom stereocenters. The molecule has 0 saturated carbocycles. The van der Waals surface area contributed by atoms with E-state index in [0.717, 1.165) is 28.6 Å². The molecule has 11 heteroatoms. The molecule has 11 nitrogen and oxygen atoms in total. The number of carbonyl (C=O) groups is 1. The SMILES string of the molecule is O=C(Cn1c(C2C=NN(C3COC3)C2)cnc(NCCc2ccccc2)c1=O)NCc1cc2cnccc2[nH]1. The second kappa shape index (κ2) is 11.1. The van der Waals surface area contributed by atoms with Gasteiger partial charge in [-0.05, 0) is 24.1 Å². The molecule has 2 aliphatic heterocycles. The fourth-order valence-corrected chi connectivity index (χ4v) is 4.84. The maximum atomic E-state index is 13.6. The van der Waals surface area contributed by atoms with Crippen LogP contribution in [-0.4, -0.2) is 69.0 Å². The molecule has 200 valence electrons. The quantitative estimate of drug-likeness (QED) is 0.288. The molecule has 2 aliphatic rings. The molecular weight excluding hydrogens is 496 g/mol. The third-order valence-electron chi connectivity index (χ3n) is 7.09. The van der Waals surface area contributed by atoms with Crippen molar-refractivity contribution in [2.24, 2.45) is 5.10 Å². The second-order valence-electron chi connectivity index (χ2n) is 9.80. The fourth-order valence-electron chi connectivity index (χ4n) is 4.84. The van der Waals surface area contributed by atoms with E-state index in [9.17, 15) is 9.59 Å². The zero-order chi connectivity index (χ0) is 26.6. The van der Waals surface area contributed by atoms with Crippen LogP contribution >= 0.6 is 0 Å². The van der Waals surface area contributed by atoms with Gasteiger partial charge in [-0.2, -0.15) is 5.10 Å². The van der Waals surface area contributed by atoms with Crippen molar-refractivity contribution in [1.82, 2.24) is 29.8 Å². The number of hydrogen-bond acceptors (Lipinski definition) is 8. The van der Waals surface area contributed by atoms with Crippen LogP contribution in [0.15, 0.2) is 71.0 Å². The highest BCUT2D eigenvalue weighted by atomic mass is 16.5. The molecule has 39 heavy (non-hydrogen) atoms. The third kappa shape index (κ3) is 5.53. The summed E-state index contributed by atoms with van der Waals surface area (Å²) in [5, 5.41) is 13.6. The Morgan fingerprint density at radius 3 is 2.82 bits per heavy atom.